The molecule has 2 saturated heterocycles. The van der Waals surface area contributed by atoms with E-state index in [1.807, 2.05) is 13.1 Å². The van der Waals surface area contributed by atoms with Crippen molar-refractivity contribution in [1.29, 1.82) is 0 Å². The Labute approximate surface area is 133 Å². The van der Waals surface area contributed by atoms with E-state index < -0.39 is 35.7 Å². The predicted octanol–water partition coefficient (Wildman–Crippen LogP) is 1.88. The molecule has 0 aromatic carbocycles. The van der Waals surface area contributed by atoms with Gasteiger partial charge in [-0.05, 0) is 45.2 Å². The second-order valence-corrected chi connectivity index (χ2v) is 16.9. The van der Waals surface area contributed by atoms with Gasteiger partial charge in [0.05, 0.1) is 13.2 Å². The number of epoxide rings is 1. The van der Waals surface area contributed by atoms with Gasteiger partial charge in [0.15, 0.2) is 0 Å². The Morgan fingerprint density at radius 1 is 1.05 bits per heavy atom. The van der Waals surface area contributed by atoms with Gasteiger partial charge in [0.25, 0.3) is 0 Å². The van der Waals surface area contributed by atoms with Gasteiger partial charge in [-0.15, -0.1) is 0 Å². The van der Waals surface area contributed by atoms with Crippen LogP contribution >= 0.6 is 0 Å². The van der Waals surface area contributed by atoms with Gasteiger partial charge in [0.2, 0.25) is 0 Å². The van der Waals surface area contributed by atoms with Crippen molar-refractivity contribution < 1.29 is 25.9 Å². The maximum absolute atomic E-state index is 6.22. The third kappa shape index (κ3) is 6.72. The minimum atomic E-state index is -2.22. The molecule has 6 nitrogen and oxygen atoms in total. The topological polar surface area (TPSA) is 58.7 Å². The van der Waals surface area contributed by atoms with Gasteiger partial charge in [-0.3, -0.25) is 0 Å². The van der Waals surface area contributed by atoms with Crippen molar-refractivity contribution >= 4 is 35.7 Å². The fourth-order valence-electron chi connectivity index (χ4n) is 2.36. The molecular weight excluding hydrogens is 340 g/mol. The largest absolute Gasteiger partial charge is 0.415 e. The van der Waals surface area contributed by atoms with Crippen LogP contribution in [0.4, 0.5) is 0 Å². The van der Waals surface area contributed by atoms with E-state index in [1.165, 1.54) is 0 Å². The molecule has 2 aliphatic heterocycles. The maximum Gasteiger partial charge on any atom is 0.362 e. The van der Waals surface area contributed by atoms with Crippen molar-refractivity contribution in [2.24, 2.45) is 0 Å². The van der Waals surface area contributed by atoms with Crippen LogP contribution in [0.2, 0.25) is 38.8 Å². The highest BCUT2D eigenvalue weighted by molar-refractivity contribution is 6.84. The lowest BCUT2D eigenvalue weighted by Gasteiger charge is -2.39. The summed E-state index contributed by atoms with van der Waals surface area (Å²) in [6, 6.07) is 0.914. The molecule has 21 heavy (non-hydrogen) atoms. The van der Waals surface area contributed by atoms with Crippen molar-refractivity contribution in [2.45, 2.75) is 51.3 Å². The lowest BCUT2D eigenvalue weighted by atomic mass is 10.5. The fraction of sp³-hybridized carbons (Fsp3) is 1.00. The second-order valence-electron chi connectivity index (χ2n) is 6.06. The molecule has 0 aromatic rings. The Bertz CT molecular complexity index is 325. The van der Waals surface area contributed by atoms with E-state index in [0.717, 1.165) is 25.7 Å². The molecule has 0 spiro atoms. The summed E-state index contributed by atoms with van der Waals surface area (Å²) in [5.74, 6) is 0. The summed E-state index contributed by atoms with van der Waals surface area (Å²) >= 11 is 0. The SMILES string of the molecule is C[Si]1O[Si](C)(C)O[Si](C)O[Si](C)(CCCOCC2CO2)O1. The normalized spacial score (nSPS) is 29.9. The molecule has 0 saturated carbocycles. The van der Waals surface area contributed by atoms with Crippen LogP contribution in [0, 0.1) is 0 Å². The van der Waals surface area contributed by atoms with Crippen LogP contribution in [0.3, 0.4) is 0 Å². The molecule has 2 fully saturated rings. The molecule has 0 bridgehead atoms. The molecule has 0 amide bonds. The van der Waals surface area contributed by atoms with E-state index in [0.29, 0.717) is 12.7 Å². The van der Waals surface area contributed by atoms with Gasteiger partial charge >= 0.3 is 35.7 Å². The van der Waals surface area contributed by atoms with Crippen molar-refractivity contribution in [3.05, 3.63) is 0 Å². The van der Waals surface area contributed by atoms with Crippen molar-refractivity contribution in [3.63, 3.8) is 0 Å². The second kappa shape index (κ2) is 7.46. The fourth-order valence-corrected chi connectivity index (χ4v) is 16.5. The van der Waals surface area contributed by atoms with Crippen LogP contribution in [0.5, 0.6) is 0 Å². The average molecular weight is 367 g/mol. The van der Waals surface area contributed by atoms with Gasteiger partial charge in [0, 0.05) is 6.61 Å². The summed E-state index contributed by atoms with van der Waals surface area (Å²) in [5.41, 5.74) is 0. The van der Waals surface area contributed by atoms with Crippen LogP contribution < -0.4 is 0 Å². The van der Waals surface area contributed by atoms with Crippen LogP contribution in [0.25, 0.3) is 0 Å². The Morgan fingerprint density at radius 3 is 2.14 bits per heavy atom. The Kier molecular flexibility index (Phi) is 6.39. The summed E-state index contributed by atoms with van der Waals surface area (Å²) in [7, 11) is -6.91. The van der Waals surface area contributed by atoms with Gasteiger partial charge in [0.1, 0.15) is 6.10 Å². The number of rotatable bonds is 6. The molecular formula is C11H26O6Si4. The quantitative estimate of drug-likeness (QED) is 0.406. The first-order valence-electron chi connectivity index (χ1n) is 7.40. The molecule has 2 rings (SSSR count). The van der Waals surface area contributed by atoms with Crippen molar-refractivity contribution in [3.8, 4) is 0 Å². The molecule has 0 aromatic heterocycles. The number of ether oxygens (including phenoxy) is 2. The van der Waals surface area contributed by atoms with E-state index in [1.54, 1.807) is 0 Å². The minimum absolute atomic E-state index is 0.330. The lowest BCUT2D eigenvalue weighted by molar-refractivity contribution is 0.115. The Balaban J connectivity index is 1.77. The summed E-state index contributed by atoms with van der Waals surface area (Å²) in [6.45, 7) is 12.6. The number of hydrogen-bond donors (Lipinski definition) is 0. The predicted molar refractivity (Wildman–Crippen MR) is 86.7 cm³/mol. The third-order valence-corrected chi connectivity index (χ3v) is 16.4. The lowest BCUT2D eigenvalue weighted by Crippen LogP contribution is -2.56. The molecule has 1 unspecified atom stereocenters. The van der Waals surface area contributed by atoms with Gasteiger partial charge in [-0.2, -0.15) is 0 Å². The summed E-state index contributed by atoms with van der Waals surface area (Å²) in [4.78, 5) is 0. The van der Waals surface area contributed by atoms with E-state index >= 15 is 0 Å². The standard InChI is InChI=1S/C11H26O6Si4/c1-18-14-20(3,4)15-19(2)17-21(5,16-18)8-6-7-12-9-11-10-13-11/h11H,6-10H2,1-5H3. The van der Waals surface area contributed by atoms with Crippen LogP contribution in [0.15, 0.2) is 0 Å². The zero-order chi connectivity index (χ0) is 15.5. The monoisotopic (exact) mass is 366 g/mol. The maximum atomic E-state index is 6.22. The van der Waals surface area contributed by atoms with Gasteiger partial charge in [-0.1, -0.05) is 0 Å². The zero-order valence-corrected chi connectivity index (χ0v) is 17.6. The first-order chi connectivity index (χ1) is 9.78. The molecule has 0 aliphatic carbocycles. The Hall–Kier alpha value is 0.628. The summed E-state index contributed by atoms with van der Waals surface area (Å²) in [6.07, 6.45) is 1.28. The Morgan fingerprint density at radius 2 is 1.62 bits per heavy atom. The first-order valence-corrected chi connectivity index (χ1v) is 16.4. The zero-order valence-electron chi connectivity index (χ0n) is 13.6. The van der Waals surface area contributed by atoms with E-state index in [4.69, 9.17) is 25.9 Å². The van der Waals surface area contributed by atoms with Crippen LogP contribution in [-0.4, -0.2) is 61.6 Å². The van der Waals surface area contributed by atoms with Gasteiger partial charge in [-0.25, -0.2) is 0 Å². The molecule has 2 heterocycles. The summed E-state index contributed by atoms with van der Waals surface area (Å²) < 4.78 is 35.2. The molecule has 2 aliphatic rings. The smallest absolute Gasteiger partial charge is 0.362 e. The van der Waals surface area contributed by atoms with E-state index in [9.17, 15) is 0 Å². The molecule has 1 atom stereocenters. The summed E-state index contributed by atoms with van der Waals surface area (Å²) in [5, 5.41) is 0. The molecule has 10 heteroatoms. The van der Waals surface area contributed by atoms with Crippen molar-refractivity contribution in [2.75, 3.05) is 19.8 Å². The van der Waals surface area contributed by atoms with Crippen LogP contribution in [-0.2, 0) is 25.9 Å². The molecule has 122 valence electrons. The first kappa shape index (κ1) is 18.0. The highest BCUT2D eigenvalue weighted by atomic mass is 28.5. The van der Waals surface area contributed by atoms with Crippen LogP contribution in [0.1, 0.15) is 6.42 Å². The number of hydrogen-bond acceptors (Lipinski definition) is 6. The van der Waals surface area contributed by atoms with E-state index in [2.05, 4.69) is 19.6 Å². The average Bonchev–Trinajstić information content (AvgIpc) is 3.08. The highest BCUT2D eigenvalue weighted by Crippen LogP contribution is 2.24. The van der Waals surface area contributed by atoms with Gasteiger partial charge < -0.3 is 25.9 Å². The van der Waals surface area contributed by atoms with E-state index in [-0.39, 0.29) is 0 Å². The molecule has 2 radical (unpaired) electrons. The minimum Gasteiger partial charge on any atom is -0.415 e. The molecule has 0 N–H and O–H groups in total. The third-order valence-electron chi connectivity index (χ3n) is 3.12. The van der Waals surface area contributed by atoms with Crippen molar-refractivity contribution in [1.82, 2.24) is 0 Å². The highest BCUT2D eigenvalue weighted by Gasteiger charge is 2.44.